The summed E-state index contributed by atoms with van der Waals surface area (Å²) in [6.45, 7) is 1.31. The van der Waals surface area contributed by atoms with Gasteiger partial charge in [0.15, 0.2) is 32.8 Å². The second kappa shape index (κ2) is 8.01. The van der Waals surface area contributed by atoms with Crippen molar-refractivity contribution in [2.24, 2.45) is 0 Å². The summed E-state index contributed by atoms with van der Waals surface area (Å²) in [6, 6.07) is 10.4. The van der Waals surface area contributed by atoms with Crippen molar-refractivity contribution in [3.05, 3.63) is 52.3 Å². The van der Waals surface area contributed by atoms with E-state index in [-0.39, 0.29) is 29.1 Å². The van der Waals surface area contributed by atoms with E-state index in [1.165, 1.54) is 11.3 Å². The summed E-state index contributed by atoms with van der Waals surface area (Å²) in [6.07, 6.45) is 0.423. The molecule has 8 nitrogen and oxygen atoms in total. The summed E-state index contributed by atoms with van der Waals surface area (Å²) in [7, 11) is -3.14. The van der Waals surface area contributed by atoms with Gasteiger partial charge in [0.1, 0.15) is 13.2 Å². The Bertz CT molecular complexity index is 1200. The number of carbonyl (C=O) groups is 1. The molecule has 2 aliphatic rings. The molecule has 4 heterocycles. The fourth-order valence-corrected chi connectivity index (χ4v) is 6.25. The van der Waals surface area contributed by atoms with Crippen LogP contribution >= 0.6 is 11.3 Å². The summed E-state index contributed by atoms with van der Waals surface area (Å²) in [5.74, 6) is 1.42. The highest BCUT2D eigenvalue weighted by Gasteiger charge is 2.36. The maximum atomic E-state index is 13.3. The van der Waals surface area contributed by atoms with Crippen molar-refractivity contribution in [2.75, 3.05) is 24.7 Å². The summed E-state index contributed by atoms with van der Waals surface area (Å²) in [5, 5.41) is 5.91. The van der Waals surface area contributed by atoms with Crippen molar-refractivity contribution in [3.8, 4) is 22.8 Å². The fraction of sp³-hybridized carbons (Fsp3) is 0.333. The molecule has 2 aromatic heterocycles. The molecule has 31 heavy (non-hydrogen) atoms. The fourth-order valence-electron chi connectivity index (χ4n) is 3.81. The molecule has 2 aliphatic heterocycles. The van der Waals surface area contributed by atoms with E-state index >= 15 is 0 Å². The first-order valence-electron chi connectivity index (χ1n) is 9.89. The van der Waals surface area contributed by atoms with Crippen molar-refractivity contribution in [1.82, 2.24) is 10.1 Å². The minimum Gasteiger partial charge on any atom is -0.486 e. The summed E-state index contributed by atoms with van der Waals surface area (Å²) in [4.78, 5) is 15.9. The smallest absolute Gasteiger partial charge is 0.276 e. The van der Waals surface area contributed by atoms with Crippen LogP contribution in [0.4, 0.5) is 0 Å². The van der Waals surface area contributed by atoms with E-state index in [1.807, 2.05) is 23.6 Å². The lowest BCUT2D eigenvalue weighted by molar-refractivity contribution is 0.0672. The second-order valence-electron chi connectivity index (χ2n) is 7.50. The molecule has 0 unspecified atom stereocenters. The highest BCUT2D eigenvalue weighted by molar-refractivity contribution is 7.91. The zero-order valence-corrected chi connectivity index (χ0v) is 18.2. The van der Waals surface area contributed by atoms with Crippen LogP contribution in [0, 0.1) is 0 Å². The van der Waals surface area contributed by atoms with E-state index < -0.39 is 9.84 Å². The van der Waals surface area contributed by atoms with E-state index in [0.29, 0.717) is 49.0 Å². The monoisotopic (exact) mass is 460 g/mol. The summed E-state index contributed by atoms with van der Waals surface area (Å²) >= 11 is 1.52. The van der Waals surface area contributed by atoms with Gasteiger partial charge in [-0.25, -0.2) is 8.42 Å². The summed E-state index contributed by atoms with van der Waals surface area (Å²) < 4.78 is 40.6. The number of thiophene rings is 1. The average molecular weight is 461 g/mol. The lowest BCUT2D eigenvalue weighted by atomic mass is 10.1. The zero-order chi connectivity index (χ0) is 21.4. The van der Waals surface area contributed by atoms with Crippen LogP contribution in [0.1, 0.15) is 21.8 Å². The van der Waals surface area contributed by atoms with Gasteiger partial charge in [-0.1, -0.05) is 11.2 Å². The quantitative estimate of drug-likeness (QED) is 0.577. The third-order valence-electron chi connectivity index (χ3n) is 5.37. The summed E-state index contributed by atoms with van der Waals surface area (Å²) in [5.41, 5.74) is 0.856. The second-order valence-corrected chi connectivity index (χ2v) is 10.8. The van der Waals surface area contributed by atoms with E-state index in [4.69, 9.17) is 14.0 Å². The van der Waals surface area contributed by atoms with Gasteiger partial charge >= 0.3 is 0 Å². The van der Waals surface area contributed by atoms with Crippen LogP contribution in [0.3, 0.4) is 0 Å². The van der Waals surface area contributed by atoms with Gasteiger partial charge in [-0.05, 0) is 36.1 Å². The number of rotatable bonds is 5. The third kappa shape index (κ3) is 4.17. The van der Waals surface area contributed by atoms with Crippen LogP contribution in [0.25, 0.3) is 11.3 Å². The molecule has 1 atom stereocenters. The molecule has 3 aromatic rings. The molecule has 0 aliphatic carbocycles. The topological polar surface area (TPSA) is 98.9 Å². The first kappa shape index (κ1) is 20.1. The lowest BCUT2D eigenvalue weighted by Gasteiger charge is -2.26. The normalized spacial score (nSPS) is 19.3. The highest BCUT2D eigenvalue weighted by Crippen LogP contribution is 2.35. The molecule has 0 N–H and O–H groups in total. The van der Waals surface area contributed by atoms with E-state index in [9.17, 15) is 13.2 Å². The highest BCUT2D eigenvalue weighted by atomic mass is 32.2. The third-order valence-corrected chi connectivity index (χ3v) is 7.98. The van der Waals surface area contributed by atoms with Crippen LogP contribution < -0.4 is 9.47 Å². The van der Waals surface area contributed by atoms with Gasteiger partial charge in [0.05, 0.1) is 18.1 Å². The number of fused-ring (bicyclic) bond motifs is 1. The zero-order valence-electron chi connectivity index (χ0n) is 16.5. The Morgan fingerprint density at radius 1 is 1.16 bits per heavy atom. The Kier molecular flexibility index (Phi) is 5.19. The molecule has 0 saturated carbocycles. The molecular formula is C21H20N2O6S2. The molecule has 1 fully saturated rings. The molecule has 1 amide bonds. The van der Waals surface area contributed by atoms with E-state index in [2.05, 4.69) is 5.16 Å². The number of hydrogen-bond acceptors (Lipinski definition) is 8. The first-order chi connectivity index (χ1) is 15.0. The maximum Gasteiger partial charge on any atom is 0.276 e. The molecule has 5 rings (SSSR count). The SMILES string of the molecule is O=C(c1cc(-c2ccc3c(c2)OCCO3)on1)N(Cc1cccs1)[C@@H]1CCS(=O)(=O)C1. The molecule has 0 bridgehead atoms. The Labute approximate surface area is 183 Å². The Balaban J connectivity index is 1.41. The van der Waals surface area contributed by atoms with Gasteiger partial charge in [-0.3, -0.25) is 4.79 Å². The minimum atomic E-state index is -3.14. The largest absolute Gasteiger partial charge is 0.486 e. The number of aromatic nitrogens is 1. The number of hydrogen-bond donors (Lipinski definition) is 0. The van der Waals surface area contributed by atoms with Crippen LogP contribution in [0.2, 0.25) is 0 Å². The molecule has 1 saturated heterocycles. The van der Waals surface area contributed by atoms with Crippen molar-refractivity contribution >= 4 is 27.1 Å². The number of sulfone groups is 1. The first-order valence-corrected chi connectivity index (χ1v) is 12.6. The van der Waals surface area contributed by atoms with Gasteiger partial charge < -0.3 is 18.9 Å². The molecule has 1 aromatic carbocycles. The van der Waals surface area contributed by atoms with Crippen LogP contribution in [0.15, 0.2) is 46.3 Å². The lowest BCUT2D eigenvalue weighted by Crippen LogP contribution is -2.40. The standard InChI is InChI=1S/C21H20N2O6S2/c24-21(23(12-16-2-1-8-30-16)15-5-9-31(25,26)13-15)17-11-19(29-22-17)14-3-4-18-20(10-14)28-7-6-27-18/h1-4,8,10-11,15H,5-7,9,12-13H2/t15-/m1/s1. The van der Waals surface area contributed by atoms with Crippen molar-refractivity contribution in [3.63, 3.8) is 0 Å². The van der Waals surface area contributed by atoms with Gasteiger partial charge in [-0.2, -0.15) is 0 Å². The average Bonchev–Trinajstić information content (AvgIpc) is 3.52. The molecule has 0 radical (unpaired) electrons. The van der Waals surface area contributed by atoms with Crippen LogP contribution in [0.5, 0.6) is 11.5 Å². The van der Waals surface area contributed by atoms with Crippen LogP contribution in [-0.2, 0) is 16.4 Å². The number of ether oxygens (including phenoxy) is 2. The predicted octanol–water partition coefficient (Wildman–Crippen LogP) is 3.00. The van der Waals surface area contributed by atoms with Gasteiger partial charge in [0.25, 0.3) is 5.91 Å². The van der Waals surface area contributed by atoms with Crippen LogP contribution in [-0.4, -0.2) is 55.1 Å². The van der Waals surface area contributed by atoms with E-state index in [0.717, 1.165) is 4.88 Å². The maximum absolute atomic E-state index is 13.3. The Hall–Kier alpha value is -2.85. The van der Waals surface area contributed by atoms with Gasteiger partial charge in [0, 0.05) is 22.5 Å². The van der Waals surface area contributed by atoms with E-state index in [1.54, 1.807) is 23.1 Å². The number of benzene rings is 1. The Morgan fingerprint density at radius 3 is 2.74 bits per heavy atom. The van der Waals surface area contributed by atoms with Gasteiger partial charge in [0.2, 0.25) is 0 Å². The van der Waals surface area contributed by atoms with Crippen molar-refractivity contribution in [2.45, 2.75) is 19.0 Å². The molecule has 162 valence electrons. The number of carbonyl (C=O) groups excluding carboxylic acids is 1. The van der Waals surface area contributed by atoms with Crippen molar-refractivity contribution < 1.29 is 27.2 Å². The van der Waals surface area contributed by atoms with Crippen molar-refractivity contribution in [1.29, 1.82) is 0 Å². The minimum absolute atomic E-state index is 0.0308. The predicted molar refractivity (Wildman–Crippen MR) is 114 cm³/mol. The van der Waals surface area contributed by atoms with Gasteiger partial charge in [-0.15, -0.1) is 11.3 Å². The number of nitrogens with zero attached hydrogens (tertiary/aromatic N) is 2. The molecule has 10 heteroatoms. The molecule has 0 spiro atoms. The Morgan fingerprint density at radius 2 is 2.00 bits per heavy atom. The number of amides is 1. The molecular weight excluding hydrogens is 440 g/mol.